The van der Waals surface area contributed by atoms with Gasteiger partial charge in [-0.05, 0) is 18.8 Å². The average Bonchev–Trinajstić information content (AvgIpc) is 2.86. The van der Waals surface area contributed by atoms with Gasteiger partial charge in [0.05, 0.1) is 6.61 Å². The second-order valence-corrected chi connectivity index (χ2v) is 3.03. The molecule has 0 spiro atoms. The lowest BCUT2D eigenvalue weighted by molar-refractivity contribution is -0.155. The van der Waals surface area contributed by atoms with E-state index < -0.39 is 6.10 Å². The van der Waals surface area contributed by atoms with E-state index in [1.165, 1.54) is 20.0 Å². The molecule has 0 heterocycles. The maximum absolute atomic E-state index is 11.1. The summed E-state index contributed by atoms with van der Waals surface area (Å²) in [5.41, 5.74) is 5.28. The maximum Gasteiger partial charge on any atom is 0.336 e. The number of carbonyl (C=O) groups is 1. The van der Waals surface area contributed by atoms with E-state index in [0.717, 1.165) is 0 Å². The average molecular weight is 173 g/mol. The molecule has 1 saturated carbocycles. The first-order valence-corrected chi connectivity index (χ1v) is 4.17. The van der Waals surface area contributed by atoms with Crippen LogP contribution in [0.3, 0.4) is 0 Å². The molecule has 1 unspecified atom stereocenters. The molecule has 0 aromatic rings. The standard InChI is InChI=1S/C8H15NO3/c1-11-7(4-9)8(10)12-5-6-2-3-6/h6-7H,2-5,9H2,1H3. The number of carbonyl (C=O) groups excluding carboxylic acids is 1. The Morgan fingerprint density at radius 2 is 2.33 bits per heavy atom. The molecule has 0 amide bonds. The summed E-state index contributed by atoms with van der Waals surface area (Å²) >= 11 is 0. The summed E-state index contributed by atoms with van der Waals surface area (Å²) in [6.07, 6.45) is 1.75. The predicted molar refractivity (Wildman–Crippen MR) is 43.5 cm³/mol. The topological polar surface area (TPSA) is 61.5 Å². The van der Waals surface area contributed by atoms with E-state index in [9.17, 15) is 4.79 Å². The zero-order valence-electron chi connectivity index (χ0n) is 7.29. The summed E-state index contributed by atoms with van der Waals surface area (Å²) in [5, 5.41) is 0. The van der Waals surface area contributed by atoms with Crippen LogP contribution < -0.4 is 5.73 Å². The van der Waals surface area contributed by atoms with Crippen molar-refractivity contribution in [2.45, 2.75) is 18.9 Å². The van der Waals surface area contributed by atoms with Crippen LogP contribution in [0.2, 0.25) is 0 Å². The minimum absolute atomic E-state index is 0.181. The first kappa shape index (κ1) is 9.48. The highest BCUT2D eigenvalue weighted by Gasteiger charge is 2.25. The number of nitrogens with two attached hydrogens (primary N) is 1. The lowest BCUT2D eigenvalue weighted by Gasteiger charge is -2.11. The highest BCUT2D eigenvalue weighted by atomic mass is 16.6. The summed E-state index contributed by atoms with van der Waals surface area (Å²) in [6, 6.07) is 0. The van der Waals surface area contributed by atoms with Gasteiger partial charge in [-0.25, -0.2) is 4.79 Å². The summed E-state index contributed by atoms with van der Waals surface area (Å²) in [6.45, 7) is 0.707. The largest absolute Gasteiger partial charge is 0.463 e. The van der Waals surface area contributed by atoms with Gasteiger partial charge in [-0.3, -0.25) is 0 Å². The van der Waals surface area contributed by atoms with Gasteiger partial charge < -0.3 is 15.2 Å². The Labute approximate surface area is 72.0 Å². The molecule has 0 aromatic heterocycles. The van der Waals surface area contributed by atoms with Crippen LogP contribution in [0.15, 0.2) is 0 Å². The van der Waals surface area contributed by atoms with E-state index >= 15 is 0 Å². The molecule has 0 bridgehead atoms. The molecule has 12 heavy (non-hydrogen) atoms. The molecule has 1 rings (SSSR count). The number of ether oxygens (including phenoxy) is 2. The molecule has 0 aliphatic heterocycles. The van der Waals surface area contributed by atoms with Gasteiger partial charge in [0.15, 0.2) is 6.10 Å². The normalized spacial score (nSPS) is 18.8. The molecule has 1 aliphatic carbocycles. The zero-order valence-corrected chi connectivity index (χ0v) is 7.29. The Morgan fingerprint density at radius 3 is 2.75 bits per heavy atom. The van der Waals surface area contributed by atoms with Crippen LogP contribution in [0.1, 0.15) is 12.8 Å². The van der Waals surface area contributed by atoms with Gasteiger partial charge in [-0.15, -0.1) is 0 Å². The quantitative estimate of drug-likeness (QED) is 0.590. The van der Waals surface area contributed by atoms with Gasteiger partial charge in [0, 0.05) is 13.7 Å². The van der Waals surface area contributed by atoms with Crippen LogP contribution in [-0.2, 0) is 14.3 Å². The first-order valence-electron chi connectivity index (χ1n) is 4.17. The molecule has 4 nitrogen and oxygen atoms in total. The van der Waals surface area contributed by atoms with E-state index in [1.54, 1.807) is 0 Å². The van der Waals surface area contributed by atoms with E-state index in [2.05, 4.69) is 0 Å². The predicted octanol–water partition coefficient (Wildman–Crippen LogP) is -0.0867. The fraction of sp³-hybridized carbons (Fsp3) is 0.875. The third kappa shape index (κ3) is 2.79. The molecule has 70 valence electrons. The summed E-state index contributed by atoms with van der Waals surface area (Å²) in [7, 11) is 1.45. The van der Waals surface area contributed by atoms with Crippen molar-refractivity contribution in [1.82, 2.24) is 0 Å². The molecule has 0 aromatic carbocycles. The molecular weight excluding hydrogens is 158 g/mol. The van der Waals surface area contributed by atoms with E-state index in [0.29, 0.717) is 12.5 Å². The number of methoxy groups -OCH3 is 1. The lowest BCUT2D eigenvalue weighted by atomic mass is 10.3. The Kier molecular flexibility index (Phi) is 3.49. The first-order chi connectivity index (χ1) is 5.77. The van der Waals surface area contributed by atoms with Crippen LogP contribution in [0, 0.1) is 5.92 Å². The van der Waals surface area contributed by atoms with Gasteiger partial charge in [-0.1, -0.05) is 0 Å². The molecule has 4 heteroatoms. The van der Waals surface area contributed by atoms with Crippen LogP contribution in [0.4, 0.5) is 0 Å². The SMILES string of the molecule is COC(CN)C(=O)OCC1CC1. The van der Waals surface area contributed by atoms with Gasteiger partial charge in [0.2, 0.25) is 0 Å². The van der Waals surface area contributed by atoms with Crippen LogP contribution in [0.5, 0.6) is 0 Å². The minimum atomic E-state index is -0.594. The van der Waals surface area contributed by atoms with Crippen molar-refractivity contribution < 1.29 is 14.3 Å². The van der Waals surface area contributed by atoms with Gasteiger partial charge in [0.1, 0.15) is 0 Å². The van der Waals surface area contributed by atoms with Crippen molar-refractivity contribution in [3.8, 4) is 0 Å². The van der Waals surface area contributed by atoms with E-state index in [4.69, 9.17) is 15.2 Å². The summed E-state index contributed by atoms with van der Waals surface area (Å²) in [5.74, 6) is 0.246. The lowest BCUT2D eigenvalue weighted by Crippen LogP contribution is -2.33. The van der Waals surface area contributed by atoms with Gasteiger partial charge in [0.25, 0.3) is 0 Å². The van der Waals surface area contributed by atoms with Crippen molar-refractivity contribution in [2.24, 2.45) is 11.7 Å². The van der Waals surface area contributed by atoms with Crippen molar-refractivity contribution >= 4 is 5.97 Å². The number of hydrogen-bond donors (Lipinski definition) is 1. The number of esters is 1. The fourth-order valence-corrected chi connectivity index (χ4v) is 0.866. The van der Waals surface area contributed by atoms with Crippen LogP contribution in [0.25, 0.3) is 0 Å². The van der Waals surface area contributed by atoms with Crippen LogP contribution >= 0.6 is 0 Å². The smallest absolute Gasteiger partial charge is 0.336 e. The van der Waals surface area contributed by atoms with Gasteiger partial charge in [-0.2, -0.15) is 0 Å². The molecule has 1 atom stereocenters. The Morgan fingerprint density at radius 1 is 1.67 bits per heavy atom. The Balaban J connectivity index is 2.15. The monoisotopic (exact) mass is 173 g/mol. The molecule has 1 aliphatic rings. The highest BCUT2D eigenvalue weighted by molar-refractivity contribution is 5.74. The van der Waals surface area contributed by atoms with E-state index in [1.807, 2.05) is 0 Å². The summed E-state index contributed by atoms with van der Waals surface area (Å²) in [4.78, 5) is 11.1. The molecule has 0 saturated heterocycles. The van der Waals surface area contributed by atoms with Crippen molar-refractivity contribution in [1.29, 1.82) is 0 Å². The Hall–Kier alpha value is -0.610. The van der Waals surface area contributed by atoms with Crippen molar-refractivity contribution in [3.63, 3.8) is 0 Å². The highest BCUT2D eigenvalue weighted by Crippen LogP contribution is 2.28. The van der Waals surface area contributed by atoms with Crippen molar-refractivity contribution in [2.75, 3.05) is 20.3 Å². The van der Waals surface area contributed by atoms with E-state index in [-0.39, 0.29) is 12.5 Å². The minimum Gasteiger partial charge on any atom is -0.463 e. The molecule has 1 fully saturated rings. The number of rotatable bonds is 5. The maximum atomic E-state index is 11.1. The molecule has 2 N–H and O–H groups in total. The zero-order chi connectivity index (χ0) is 8.97. The second-order valence-electron chi connectivity index (χ2n) is 3.03. The fourth-order valence-electron chi connectivity index (χ4n) is 0.866. The van der Waals surface area contributed by atoms with Gasteiger partial charge >= 0.3 is 5.97 Å². The third-order valence-corrected chi connectivity index (χ3v) is 1.92. The third-order valence-electron chi connectivity index (χ3n) is 1.92. The van der Waals surface area contributed by atoms with Crippen LogP contribution in [-0.4, -0.2) is 32.3 Å². The Bertz CT molecular complexity index is 152. The second kappa shape index (κ2) is 4.42. The number of hydrogen-bond acceptors (Lipinski definition) is 4. The van der Waals surface area contributed by atoms with Crippen molar-refractivity contribution in [3.05, 3.63) is 0 Å². The molecule has 0 radical (unpaired) electrons. The molecular formula is C8H15NO3. The summed E-state index contributed by atoms with van der Waals surface area (Å²) < 4.78 is 9.78.